The van der Waals surface area contributed by atoms with Crippen molar-refractivity contribution in [2.24, 2.45) is 11.8 Å². The number of para-hydroxylation sites is 2. The number of carbonyl (C=O) groups excluding carboxylic acids is 1. The first kappa shape index (κ1) is 18.1. The van der Waals surface area contributed by atoms with Gasteiger partial charge in [0.1, 0.15) is 5.75 Å². The topological polar surface area (TPSA) is 53.6 Å². The second-order valence-corrected chi connectivity index (χ2v) is 7.44. The maximum atomic E-state index is 12.4. The molecule has 0 bridgehead atoms. The molecule has 0 saturated carbocycles. The number of carbonyl (C=O) groups is 1. The molecule has 2 saturated heterocycles. The first-order valence-electron chi connectivity index (χ1n) is 9.55. The van der Waals surface area contributed by atoms with Crippen LogP contribution in [0.4, 0.5) is 5.69 Å². The average Bonchev–Trinajstić information content (AvgIpc) is 3.10. The largest absolute Gasteiger partial charge is 0.495 e. The third-order valence-electron chi connectivity index (χ3n) is 5.68. The van der Waals surface area contributed by atoms with Gasteiger partial charge in [0.25, 0.3) is 0 Å². The van der Waals surface area contributed by atoms with Gasteiger partial charge in [0, 0.05) is 25.6 Å². The summed E-state index contributed by atoms with van der Waals surface area (Å²) in [5, 5.41) is 6.64. The van der Waals surface area contributed by atoms with Crippen LogP contribution in [0.25, 0.3) is 0 Å². The van der Waals surface area contributed by atoms with Crippen LogP contribution >= 0.6 is 0 Å². The van der Waals surface area contributed by atoms with Crippen LogP contribution in [-0.2, 0) is 4.79 Å². The monoisotopic (exact) mass is 345 g/mol. The summed E-state index contributed by atoms with van der Waals surface area (Å²) in [7, 11) is 1.70. The van der Waals surface area contributed by atoms with Crippen LogP contribution in [0.2, 0.25) is 0 Å². The van der Waals surface area contributed by atoms with Gasteiger partial charge < -0.3 is 20.3 Å². The van der Waals surface area contributed by atoms with E-state index in [0.29, 0.717) is 18.3 Å². The summed E-state index contributed by atoms with van der Waals surface area (Å²) in [5.41, 5.74) is 1.12. The molecule has 2 unspecified atom stereocenters. The van der Waals surface area contributed by atoms with Crippen molar-refractivity contribution < 1.29 is 9.53 Å². The van der Waals surface area contributed by atoms with Crippen molar-refractivity contribution in [1.82, 2.24) is 10.6 Å². The molecule has 5 nitrogen and oxygen atoms in total. The summed E-state index contributed by atoms with van der Waals surface area (Å²) >= 11 is 0. The Morgan fingerprint density at radius 2 is 2.08 bits per heavy atom. The van der Waals surface area contributed by atoms with Crippen molar-refractivity contribution in [2.45, 2.75) is 38.6 Å². The van der Waals surface area contributed by atoms with Crippen LogP contribution in [0, 0.1) is 11.8 Å². The smallest absolute Gasteiger partial charge is 0.220 e. The van der Waals surface area contributed by atoms with E-state index < -0.39 is 0 Å². The number of anilines is 1. The summed E-state index contributed by atoms with van der Waals surface area (Å²) in [5.74, 6) is 2.25. The van der Waals surface area contributed by atoms with E-state index in [0.717, 1.165) is 44.0 Å². The minimum Gasteiger partial charge on any atom is -0.495 e. The Balaban J connectivity index is 1.48. The molecule has 0 radical (unpaired) electrons. The molecule has 1 aromatic rings. The van der Waals surface area contributed by atoms with Gasteiger partial charge >= 0.3 is 0 Å². The molecular weight excluding hydrogens is 314 g/mol. The third kappa shape index (κ3) is 4.66. The van der Waals surface area contributed by atoms with Crippen molar-refractivity contribution in [1.29, 1.82) is 0 Å². The van der Waals surface area contributed by atoms with Gasteiger partial charge in [-0.1, -0.05) is 19.1 Å². The fourth-order valence-corrected chi connectivity index (χ4v) is 4.15. The highest BCUT2D eigenvalue weighted by atomic mass is 16.5. The van der Waals surface area contributed by atoms with Crippen molar-refractivity contribution in [3.63, 3.8) is 0 Å². The highest BCUT2D eigenvalue weighted by Crippen LogP contribution is 2.30. The number of ether oxygens (including phenoxy) is 1. The molecule has 0 spiro atoms. The van der Waals surface area contributed by atoms with Crippen molar-refractivity contribution in [3.05, 3.63) is 24.3 Å². The van der Waals surface area contributed by atoms with Crippen molar-refractivity contribution in [2.75, 3.05) is 38.2 Å². The number of methoxy groups -OCH3 is 1. The normalized spacial score (nSPS) is 22.6. The zero-order valence-electron chi connectivity index (χ0n) is 15.5. The van der Waals surface area contributed by atoms with Crippen LogP contribution in [0.1, 0.15) is 32.6 Å². The van der Waals surface area contributed by atoms with E-state index in [-0.39, 0.29) is 11.9 Å². The van der Waals surface area contributed by atoms with Crippen LogP contribution in [0.3, 0.4) is 0 Å². The molecule has 2 atom stereocenters. The standard InChI is InChI=1S/C20H31N3O2/c1-15(16-7-10-21-11-8-16)13-20(24)22-17-9-12-23(14-17)18-5-3-4-6-19(18)25-2/h3-6,15-17,21H,7-14H2,1-2H3,(H,22,24). The first-order chi connectivity index (χ1) is 12.2. The van der Waals surface area contributed by atoms with Gasteiger partial charge in [0.15, 0.2) is 0 Å². The number of hydrogen-bond donors (Lipinski definition) is 2. The van der Waals surface area contributed by atoms with E-state index >= 15 is 0 Å². The maximum absolute atomic E-state index is 12.4. The van der Waals surface area contributed by atoms with E-state index in [2.05, 4.69) is 28.5 Å². The number of nitrogens with one attached hydrogen (secondary N) is 2. The number of hydrogen-bond acceptors (Lipinski definition) is 4. The molecule has 25 heavy (non-hydrogen) atoms. The summed E-state index contributed by atoms with van der Waals surface area (Å²) < 4.78 is 5.46. The Kier molecular flexibility index (Phi) is 6.19. The molecule has 1 amide bonds. The Labute approximate surface area is 151 Å². The molecule has 0 aromatic heterocycles. The Morgan fingerprint density at radius 3 is 2.84 bits per heavy atom. The maximum Gasteiger partial charge on any atom is 0.220 e. The summed E-state index contributed by atoms with van der Waals surface area (Å²) in [6.45, 7) is 6.22. The first-order valence-corrected chi connectivity index (χ1v) is 9.55. The van der Waals surface area contributed by atoms with Gasteiger partial charge in [-0.2, -0.15) is 0 Å². The Hall–Kier alpha value is -1.75. The van der Waals surface area contributed by atoms with Gasteiger partial charge in [-0.15, -0.1) is 0 Å². The van der Waals surface area contributed by atoms with Gasteiger partial charge in [-0.05, 0) is 56.3 Å². The molecule has 138 valence electrons. The zero-order chi connectivity index (χ0) is 17.6. The zero-order valence-corrected chi connectivity index (χ0v) is 15.5. The molecular formula is C20H31N3O2. The lowest BCUT2D eigenvalue weighted by atomic mass is 9.84. The Morgan fingerprint density at radius 1 is 1.32 bits per heavy atom. The minimum absolute atomic E-state index is 0.206. The molecule has 3 rings (SSSR count). The van der Waals surface area contributed by atoms with Gasteiger partial charge in [-0.3, -0.25) is 4.79 Å². The van der Waals surface area contributed by atoms with E-state index in [1.165, 1.54) is 12.8 Å². The lowest BCUT2D eigenvalue weighted by Gasteiger charge is -2.28. The fraction of sp³-hybridized carbons (Fsp3) is 0.650. The van der Waals surface area contributed by atoms with Gasteiger partial charge in [-0.25, -0.2) is 0 Å². The summed E-state index contributed by atoms with van der Waals surface area (Å²) in [4.78, 5) is 14.8. The number of amides is 1. The van der Waals surface area contributed by atoms with Crippen LogP contribution < -0.4 is 20.3 Å². The van der Waals surface area contributed by atoms with Gasteiger partial charge in [0.2, 0.25) is 5.91 Å². The van der Waals surface area contributed by atoms with Crippen LogP contribution in [0.15, 0.2) is 24.3 Å². The highest BCUT2D eigenvalue weighted by molar-refractivity contribution is 5.76. The third-order valence-corrected chi connectivity index (χ3v) is 5.68. The molecule has 2 heterocycles. The second kappa shape index (κ2) is 8.56. The minimum atomic E-state index is 0.206. The number of rotatable bonds is 6. The molecule has 2 fully saturated rings. The van der Waals surface area contributed by atoms with E-state index in [9.17, 15) is 4.79 Å². The number of nitrogens with zero attached hydrogens (tertiary/aromatic N) is 1. The van der Waals surface area contributed by atoms with Gasteiger partial charge in [0.05, 0.1) is 12.8 Å². The van der Waals surface area contributed by atoms with Crippen molar-refractivity contribution >= 4 is 11.6 Å². The van der Waals surface area contributed by atoms with E-state index in [1.54, 1.807) is 7.11 Å². The molecule has 0 aliphatic carbocycles. The molecule has 1 aromatic carbocycles. The summed E-state index contributed by atoms with van der Waals surface area (Å²) in [6, 6.07) is 8.33. The lowest BCUT2D eigenvalue weighted by Crippen LogP contribution is -2.39. The van der Waals surface area contributed by atoms with Crippen molar-refractivity contribution in [3.8, 4) is 5.75 Å². The molecule has 2 aliphatic heterocycles. The number of benzene rings is 1. The Bertz CT molecular complexity index is 572. The second-order valence-electron chi connectivity index (χ2n) is 7.44. The van der Waals surface area contributed by atoms with E-state index in [1.807, 2.05) is 18.2 Å². The van der Waals surface area contributed by atoms with Crippen LogP contribution in [0.5, 0.6) is 5.75 Å². The highest BCUT2D eigenvalue weighted by Gasteiger charge is 2.27. The quantitative estimate of drug-likeness (QED) is 0.831. The predicted octanol–water partition coefficient (Wildman–Crippen LogP) is 2.42. The predicted molar refractivity (Wildman–Crippen MR) is 101 cm³/mol. The summed E-state index contributed by atoms with van der Waals surface area (Å²) in [6.07, 6.45) is 4.03. The van der Waals surface area contributed by atoms with Crippen LogP contribution in [-0.4, -0.2) is 45.2 Å². The average molecular weight is 345 g/mol. The molecule has 2 aliphatic rings. The lowest BCUT2D eigenvalue weighted by molar-refractivity contribution is -0.122. The SMILES string of the molecule is COc1ccccc1N1CCC(NC(=O)CC(C)C2CCNCC2)C1. The molecule has 2 N–H and O–H groups in total. The molecule has 5 heteroatoms. The number of piperidine rings is 1. The van der Waals surface area contributed by atoms with E-state index in [4.69, 9.17) is 4.74 Å². The fourth-order valence-electron chi connectivity index (χ4n) is 4.15.